The third-order valence-corrected chi connectivity index (χ3v) is 3.42. The minimum absolute atomic E-state index is 0.319. The second-order valence-corrected chi connectivity index (χ2v) is 4.57. The summed E-state index contributed by atoms with van der Waals surface area (Å²) in [6.07, 6.45) is 0. The predicted molar refractivity (Wildman–Crippen MR) is 67.5 cm³/mol. The number of hydrogen-bond acceptors (Lipinski definition) is 3. The van der Waals surface area contributed by atoms with Gasteiger partial charge >= 0.3 is 5.97 Å². The largest absolute Gasteiger partial charge is 0.462 e. The number of ether oxygens (including phenoxy) is 1. The van der Waals surface area contributed by atoms with Crippen molar-refractivity contribution in [2.24, 2.45) is 0 Å². The second kappa shape index (κ2) is 5.47. The van der Waals surface area contributed by atoms with Crippen molar-refractivity contribution in [3.63, 3.8) is 0 Å². The fraction of sp³-hybridized carbons (Fsp3) is 0.200. The number of carbonyl (C=O) groups excluding carboxylic acids is 1. The fourth-order valence-electron chi connectivity index (χ4n) is 1.02. The zero-order valence-corrected chi connectivity index (χ0v) is 11.6. The van der Waals surface area contributed by atoms with Crippen LogP contribution < -0.4 is 0 Å². The van der Waals surface area contributed by atoms with E-state index in [9.17, 15) is 4.79 Å². The first-order valence-electron chi connectivity index (χ1n) is 4.17. The van der Waals surface area contributed by atoms with E-state index in [1.54, 1.807) is 19.1 Å². The molecule has 0 aliphatic rings. The molecule has 5 heteroatoms. The number of halogens is 2. The van der Waals surface area contributed by atoms with Gasteiger partial charge in [-0.15, -0.1) is 0 Å². The smallest absolute Gasteiger partial charge is 0.339 e. The highest BCUT2D eigenvalue weighted by Gasteiger charge is 2.15. The van der Waals surface area contributed by atoms with Crippen LogP contribution in [0.15, 0.2) is 16.6 Å². The quantitative estimate of drug-likeness (QED) is 0.586. The maximum Gasteiger partial charge on any atom is 0.339 e. The zero-order valence-electron chi connectivity index (χ0n) is 7.88. The molecule has 0 unspecified atom stereocenters. The van der Waals surface area contributed by atoms with Crippen LogP contribution in [0.2, 0.25) is 0 Å². The summed E-state index contributed by atoms with van der Waals surface area (Å²) in [5.41, 5.74) is 0.843. The molecular formula is C10H7BrINO2. The van der Waals surface area contributed by atoms with Crippen LogP contribution in [-0.2, 0) is 4.74 Å². The van der Waals surface area contributed by atoms with Gasteiger partial charge in [-0.1, -0.05) is 0 Å². The van der Waals surface area contributed by atoms with Crippen molar-refractivity contribution in [1.29, 1.82) is 5.26 Å². The molecule has 0 atom stereocenters. The summed E-state index contributed by atoms with van der Waals surface area (Å²) in [6, 6.07) is 5.40. The average molecular weight is 380 g/mol. The maximum atomic E-state index is 11.5. The van der Waals surface area contributed by atoms with Crippen molar-refractivity contribution in [2.45, 2.75) is 6.92 Å². The Bertz CT molecular complexity index is 440. The second-order valence-electron chi connectivity index (χ2n) is 2.62. The van der Waals surface area contributed by atoms with Crippen molar-refractivity contribution < 1.29 is 9.53 Å². The molecule has 0 fully saturated rings. The van der Waals surface area contributed by atoms with Gasteiger partial charge in [0.1, 0.15) is 6.07 Å². The molecule has 1 rings (SSSR count). The highest BCUT2D eigenvalue weighted by Crippen LogP contribution is 2.26. The van der Waals surface area contributed by atoms with Gasteiger partial charge < -0.3 is 4.74 Å². The highest BCUT2D eigenvalue weighted by atomic mass is 127. The van der Waals surface area contributed by atoms with Crippen LogP contribution in [0, 0.1) is 14.9 Å². The van der Waals surface area contributed by atoms with Gasteiger partial charge in [0.25, 0.3) is 0 Å². The van der Waals surface area contributed by atoms with E-state index in [2.05, 4.69) is 15.9 Å². The van der Waals surface area contributed by atoms with Gasteiger partial charge in [-0.2, -0.15) is 5.26 Å². The molecule has 0 bridgehead atoms. The Morgan fingerprint density at radius 1 is 1.67 bits per heavy atom. The molecule has 0 spiro atoms. The highest BCUT2D eigenvalue weighted by molar-refractivity contribution is 14.1. The standard InChI is InChI=1S/C10H7BrINO2/c1-2-15-10(14)6-3-4-8(12)7(5-13)9(6)11/h3-4H,2H2,1H3. The Kier molecular flexibility index (Phi) is 4.54. The van der Waals surface area contributed by atoms with Crippen molar-refractivity contribution in [3.8, 4) is 6.07 Å². The van der Waals surface area contributed by atoms with Crippen LogP contribution in [0.4, 0.5) is 0 Å². The molecule has 78 valence electrons. The number of esters is 1. The summed E-state index contributed by atoms with van der Waals surface area (Å²) in [5, 5.41) is 8.90. The first kappa shape index (κ1) is 12.5. The van der Waals surface area contributed by atoms with Gasteiger partial charge in [-0.05, 0) is 57.6 Å². The Balaban J connectivity index is 3.23. The van der Waals surface area contributed by atoms with Crippen LogP contribution in [0.25, 0.3) is 0 Å². The molecular weight excluding hydrogens is 373 g/mol. The molecule has 1 aromatic carbocycles. The van der Waals surface area contributed by atoms with E-state index >= 15 is 0 Å². The molecule has 0 heterocycles. The molecule has 15 heavy (non-hydrogen) atoms. The first-order chi connectivity index (χ1) is 7.11. The van der Waals surface area contributed by atoms with Gasteiger partial charge in [-0.3, -0.25) is 0 Å². The fourth-order valence-corrected chi connectivity index (χ4v) is 2.56. The van der Waals surface area contributed by atoms with Crippen LogP contribution in [0.5, 0.6) is 0 Å². The Labute approximate surface area is 110 Å². The van der Waals surface area contributed by atoms with Gasteiger partial charge in [0.05, 0.1) is 22.2 Å². The Morgan fingerprint density at radius 2 is 2.33 bits per heavy atom. The lowest BCUT2D eigenvalue weighted by atomic mass is 10.1. The molecule has 0 amide bonds. The van der Waals surface area contributed by atoms with E-state index in [4.69, 9.17) is 10.00 Å². The van der Waals surface area contributed by atoms with Crippen molar-refractivity contribution >= 4 is 44.5 Å². The number of benzene rings is 1. The number of rotatable bonds is 2. The number of carbonyl (C=O) groups is 1. The summed E-state index contributed by atoms with van der Waals surface area (Å²) in [5.74, 6) is -0.419. The van der Waals surface area contributed by atoms with Crippen LogP contribution in [-0.4, -0.2) is 12.6 Å². The number of hydrogen-bond donors (Lipinski definition) is 0. The third kappa shape index (κ3) is 2.69. The van der Waals surface area contributed by atoms with E-state index in [-0.39, 0.29) is 0 Å². The first-order valence-corrected chi connectivity index (χ1v) is 6.04. The van der Waals surface area contributed by atoms with Gasteiger partial charge in [0.2, 0.25) is 0 Å². The van der Waals surface area contributed by atoms with E-state index in [1.807, 2.05) is 28.7 Å². The summed E-state index contributed by atoms with van der Waals surface area (Å²) >= 11 is 5.28. The molecule has 0 saturated carbocycles. The summed E-state index contributed by atoms with van der Waals surface area (Å²) in [7, 11) is 0. The van der Waals surface area contributed by atoms with Crippen LogP contribution in [0.1, 0.15) is 22.8 Å². The van der Waals surface area contributed by atoms with Gasteiger partial charge in [-0.25, -0.2) is 4.79 Å². The van der Waals surface area contributed by atoms with E-state index in [0.717, 1.165) is 3.57 Å². The van der Waals surface area contributed by atoms with Gasteiger partial charge in [0.15, 0.2) is 0 Å². The van der Waals surface area contributed by atoms with Crippen molar-refractivity contribution in [1.82, 2.24) is 0 Å². The molecule has 0 saturated heterocycles. The molecule has 1 aromatic rings. The minimum Gasteiger partial charge on any atom is -0.462 e. The predicted octanol–water partition coefficient (Wildman–Crippen LogP) is 3.10. The van der Waals surface area contributed by atoms with Crippen molar-refractivity contribution in [2.75, 3.05) is 6.61 Å². The number of nitriles is 1. The summed E-state index contributed by atoms with van der Waals surface area (Å²) < 4.78 is 6.16. The third-order valence-electron chi connectivity index (χ3n) is 1.70. The SMILES string of the molecule is CCOC(=O)c1ccc(I)c(C#N)c1Br. The molecule has 0 radical (unpaired) electrons. The normalized spacial score (nSPS) is 9.47. The molecule has 0 aromatic heterocycles. The van der Waals surface area contributed by atoms with E-state index in [1.165, 1.54) is 0 Å². The molecule has 0 aliphatic heterocycles. The summed E-state index contributed by atoms with van der Waals surface area (Å²) in [6.45, 7) is 2.06. The maximum absolute atomic E-state index is 11.5. The van der Waals surface area contributed by atoms with Crippen molar-refractivity contribution in [3.05, 3.63) is 31.3 Å². The monoisotopic (exact) mass is 379 g/mol. The summed E-state index contributed by atoms with van der Waals surface area (Å²) in [4.78, 5) is 11.5. The lowest BCUT2D eigenvalue weighted by Gasteiger charge is -2.06. The average Bonchev–Trinajstić information content (AvgIpc) is 2.18. The number of nitrogens with zero attached hydrogens (tertiary/aromatic N) is 1. The molecule has 0 N–H and O–H groups in total. The lowest BCUT2D eigenvalue weighted by Crippen LogP contribution is -2.06. The topological polar surface area (TPSA) is 50.1 Å². The Hall–Kier alpha value is -0.610. The molecule has 3 nitrogen and oxygen atoms in total. The van der Waals surface area contributed by atoms with Gasteiger partial charge in [0, 0.05) is 3.57 Å². The van der Waals surface area contributed by atoms with Crippen LogP contribution in [0.3, 0.4) is 0 Å². The van der Waals surface area contributed by atoms with E-state index in [0.29, 0.717) is 22.2 Å². The molecule has 0 aliphatic carbocycles. The Morgan fingerprint density at radius 3 is 2.87 bits per heavy atom. The van der Waals surface area contributed by atoms with Crippen LogP contribution >= 0.6 is 38.5 Å². The minimum atomic E-state index is -0.419. The van der Waals surface area contributed by atoms with E-state index < -0.39 is 5.97 Å². The zero-order chi connectivity index (χ0) is 11.4. The lowest BCUT2D eigenvalue weighted by molar-refractivity contribution is 0.0525.